The molecule has 7 nitrogen and oxygen atoms in total. The van der Waals surface area contributed by atoms with Gasteiger partial charge in [-0.1, -0.05) is 11.6 Å². The number of carbonyl (C=O) groups is 1. The second kappa shape index (κ2) is 10.9. The summed E-state index contributed by atoms with van der Waals surface area (Å²) in [5.41, 5.74) is 1.82. The predicted molar refractivity (Wildman–Crippen MR) is 122 cm³/mol. The number of methoxy groups -OCH3 is 4. The Labute approximate surface area is 184 Å². The molecule has 1 atom stereocenters. The number of allylic oxidation sites excluding steroid dienone is 1. The van der Waals surface area contributed by atoms with E-state index < -0.39 is 6.10 Å². The Morgan fingerprint density at radius 3 is 2.00 bits per heavy atom. The number of hydrogen-bond acceptors (Lipinski definition) is 7. The lowest BCUT2D eigenvalue weighted by Crippen LogP contribution is -2.25. The molecule has 0 aliphatic carbocycles. The van der Waals surface area contributed by atoms with E-state index in [1.54, 1.807) is 33.3 Å². The maximum atomic E-state index is 12.5. The van der Waals surface area contributed by atoms with Crippen LogP contribution in [0.15, 0.2) is 29.8 Å². The van der Waals surface area contributed by atoms with Crippen molar-refractivity contribution < 1.29 is 28.5 Å². The van der Waals surface area contributed by atoms with Gasteiger partial charge in [-0.15, -0.1) is 0 Å². The molecule has 0 saturated heterocycles. The summed E-state index contributed by atoms with van der Waals surface area (Å²) in [6.07, 6.45) is 1.97. The van der Waals surface area contributed by atoms with Crippen molar-refractivity contribution >= 4 is 16.7 Å². The maximum Gasteiger partial charge on any atom is 0.320 e. The van der Waals surface area contributed by atoms with Gasteiger partial charge in [0.2, 0.25) is 0 Å². The molecule has 2 aromatic carbocycles. The monoisotopic (exact) mass is 431 g/mol. The molecule has 0 bridgehead atoms. The Bertz CT molecular complexity index is 947. The molecule has 170 valence electrons. The molecule has 0 N–H and O–H groups in total. The first-order chi connectivity index (χ1) is 14.8. The van der Waals surface area contributed by atoms with Gasteiger partial charge in [0.1, 0.15) is 29.1 Å². The van der Waals surface area contributed by atoms with Crippen LogP contribution < -0.4 is 18.9 Å². The van der Waals surface area contributed by atoms with Crippen molar-refractivity contribution in [1.29, 1.82) is 0 Å². The molecule has 0 saturated carbocycles. The van der Waals surface area contributed by atoms with E-state index in [4.69, 9.17) is 23.7 Å². The van der Waals surface area contributed by atoms with Crippen LogP contribution in [0.5, 0.6) is 23.0 Å². The fraction of sp³-hybridized carbons (Fsp3) is 0.458. The third-order valence-electron chi connectivity index (χ3n) is 4.82. The summed E-state index contributed by atoms with van der Waals surface area (Å²) in [5.74, 6) is 2.04. The second-order valence-corrected chi connectivity index (χ2v) is 7.65. The van der Waals surface area contributed by atoms with Crippen molar-refractivity contribution in [3.05, 3.63) is 35.4 Å². The van der Waals surface area contributed by atoms with Crippen molar-refractivity contribution in [3.8, 4) is 23.0 Å². The van der Waals surface area contributed by atoms with Gasteiger partial charge in [-0.3, -0.25) is 9.69 Å². The van der Waals surface area contributed by atoms with Gasteiger partial charge < -0.3 is 23.7 Å². The fourth-order valence-corrected chi connectivity index (χ4v) is 3.45. The van der Waals surface area contributed by atoms with E-state index in [1.807, 2.05) is 52.2 Å². The molecule has 7 heteroatoms. The maximum absolute atomic E-state index is 12.5. The molecule has 0 aliphatic heterocycles. The Hall–Kier alpha value is -2.93. The standard InChI is InChI=1S/C24H33NO6/c1-15(2)9-10-17(31-21(26)14-25(3)4)16-13-20(29-7)22-18(27-5)11-12-19(28-6)23(22)24(16)30-8/h9,11-13,17H,10,14H2,1-8H3. The molecule has 0 radical (unpaired) electrons. The van der Waals surface area contributed by atoms with E-state index in [0.717, 1.165) is 11.0 Å². The molecule has 1 unspecified atom stereocenters. The highest BCUT2D eigenvalue weighted by Gasteiger charge is 2.27. The van der Waals surface area contributed by atoms with Crippen molar-refractivity contribution in [3.63, 3.8) is 0 Å². The number of benzene rings is 2. The topological polar surface area (TPSA) is 66.5 Å². The summed E-state index contributed by atoms with van der Waals surface area (Å²) in [6, 6.07) is 5.48. The minimum atomic E-state index is -0.563. The average Bonchev–Trinajstić information content (AvgIpc) is 2.73. The number of likely N-dealkylation sites (N-methyl/N-ethyl adjacent to an activating group) is 1. The lowest BCUT2D eigenvalue weighted by atomic mass is 9.97. The van der Waals surface area contributed by atoms with Gasteiger partial charge in [-0.2, -0.15) is 0 Å². The zero-order valence-electron chi connectivity index (χ0n) is 19.7. The first kappa shape index (κ1) is 24.3. The Morgan fingerprint density at radius 1 is 0.935 bits per heavy atom. The second-order valence-electron chi connectivity index (χ2n) is 7.65. The smallest absolute Gasteiger partial charge is 0.320 e. The summed E-state index contributed by atoms with van der Waals surface area (Å²) >= 11 is 0. The van der Waals surface area contributed by atoms with E-state index >= 15 is 0 Å². The van der Waals surface area contributed by atoms with Gasteiger partial charge >= 0.3 is 5.97 Å². The lowest BCUT2D eigenvalue weighted by Gasteiger charge is -2.24. The molecular weight excluding hydrogens is 398 g/mol. The summed E-state index contributed by atoms with van der Waals surface area (Å²) in [7, 11) is 10.0. The molecular formula is C24H33NO6. The summed E-state index contributed by atoms with van der Waals surface area (Å²) < 4.78 is 28.6. The summed E-state index contributed by atoms with van der Waals surface area (Å²) in [5, 5.41) is 1.43. The first-order valence-electron chi connectivity index (χ1n) is 10.0. The van der Waals surface area contributed by atoms with E-state index in [2.05, 4.69) is 0 Å². The molecule has 0 spiro atoms. The van der Waals surface area contributed by atoms with Crippen LogP contribution in [0.3, 0.4) is 0 Å². The molecule has 0 aromatic heterocycles. The number of rotatable bonds is 10. The van der Waals surface area contributed by atoms with Gasteiger partial charge in [0, 0.05) is 12.0 Å². The van der Waals surface area contributed by atoms with Crippen LogP contribution >= 0.6 is 0 Å². The Morgan fingerprint density at radius 2 is 1.52 bits per heavy atom. The van der Waals surface area contributed by atoms with Gasteiger partial charge in [0.05, 0.1) is 45.8 Å². The van der Waals surface area contributed by atoms with Gasteiger partial charge in [0.25, 0.3) is 0 Å². The Balaban J connectivity index is 2.79. The molecule has 0 heterocycles. The van der Waals surface area contributed by atoms with Crippen LogP contribution in [0, 0.1) is 0 Å². The van der Waals surface area contributed by atoms with Gasteiger partial charge in [-0.05, 0) is 46.1 Å². The normalized spacial score (nSPS) is 11.8. The van der Waals surface area contributed by atoms with E-state index in [-0.39, 0.29) is 12.5 Å². The van der Waals surface area contributed by atoms with Gasteiger partial charge in [0.15, 0.2) is 0 Å². The molecule has 0 fully saturated rings. The van der Waals surface area contributed by atoms with Crippen molar-refractivity contribution in [2.24, 2.45) is 0 Å². The number of fused-ring (bicyclic) bond motifs is 1. The third kappa shape index (κ3) is 5.61. The minimum absolute atomic E-state index is 0.176. The van der Waals surface area contributed by atoms with Crippen LogP contribution in [0.4, 0.5) is 0 Å². The Kier molecular flexibility index (Phi) is 8.56. The quantitative estimate of drug-likeness (QED) is 0.409. The van der Waals surface area contributed by atoms with E-state index in [0.29, 0.717) is 40.4 Å². The molecule has 2 rings (SSSR count). The molecule has 31 heavy (non-hydrogen) atoms. The lowest BCUT2D eigenvalue weighted by molar-refractivity contribution is -0.150. The number of carbonyl (C=O) groups excluding carboxylic acids is 1. The van der Waals surface area contributed by atoms with E-state index in [9.17, 15) is 4.79 Å². The minimum Gasteiger partial charge on any atom is -0.496 e. The average molecular weight is 432 g/mol. The number of ether oxygens (including phenoxy) is 5. The van der Waals surface area contributed by atoms with Crippen molar-refractivity contribution in [2.45, 2.75) is 26.4 Å². The van der Waals surface area contributed by atoms with Gasteiger partial charge in [-0.25, -0.2) is 0 Å². The summed E-state index contributed by atoms with van der Waals surface area (Å²) in [6.45, 7) is 4.19. The van der Waals surface area contributed by atoms with Crippen LogP contribution in [0.2, 0.25) is 0 Å². The fourth-order valence-electron chi connectivity index (χ4n) is 3.45. The van der Waals surface area contributed by atoms with Crippen LogP contribution in [-0.2, 0) is 9.53 Å². The SMILES string of the molecule is COc1ccc(OC)c2c(OC)c(C(CC=C(C)C)OC(=O)CN(C)C)cc(OC)c12. The van der Waals surface area contributed by atoms with Crippen molar-refractivity contribution in [2.75, 3.05) is 49.1 Å². The highest BCUT2D eigenvalue weighted by atomic mass is 16.5. The zero-order chi connectivity index (χ0) is 23.1. The highest BCUT2D eigenvalue weighted by molar-refractivity contribution is 6.03. The number of hydrogen-bond donors (Lipinski definition) is 0. The van der Waals surface area contributed by atoms with Crippen LogP contribution in [-0.4, -0.2) is 59.9 Å². The third-order valence-corrected chi connectivity index (χ3v) is 4.82. The van der Waals surface area contributed by atoms with Crippen molar-refractivity contribution in [1.82, 2.24) is 4.90 Å². The first-order valence-corrected chi connectivity index (χ1v) is 10.0. The largest absolute Gasteiger partial charge is 0.496 e. The number of nitrogens with zero attached hydrogens (tertiary/aromatic N) is 1. The predicted octanol–water partition coefficient (Wildman–Crippen LogP) is 4.38. The van der Waals surface area contributed by atoms with Crippen LogP contribution in [0.25, 0.3) is 10.8 Å². The molecule has 2 aromatic rings. The zero-order valence-corrected chi connectivity index (χ0v) is 19.7. The number of esters is 1. The summed E-state index contributed by atoms with van der Waals surface area (Å²) in [4.78, 5) is 14.3. The highest BCUT2D eigenvalue weighted by Crippen LogP contribution is 2.48. The van der Waals surface area contributed by atoms with Crippen LogP contribution in [0.1, 0.15) is 31.9 Å². The molecule has 0 amide bonds. The molecule has 0 aliphatic rings. The van der Waals surface area contributed by atoms with E-state index in [1.165, 1.54) is 0 Å².